The molecule has 0 bridgehead atoms. The number of nitrogens with zero attached hydrogens (tertiary/aromatic N) is 2. The largest absolute Gasteiger partial charge is 0.456 e. The SMILES string of the molecule is FC(F)(F)c1ccccc1SCCN1CCN(C2=COC(C3=CC=CCC3)=CO2)CC1. The fourth-order valence-electron chi connectivity index (χ4n) is 3.69. The lowest BCUT2D eigenvalue weighted by Gasteiger charge is -2.36. The first-order valence-electron chi connectivity index (χ1n) is 10.4. The number of piperazine rings is 1. The van der Waals surface area contributed by atoms with Crippen LogP contribution in [0.1, 0.15) is 18.4 Å². The Bertz CT molecular complexity index is 900. The van der Waals surface area contributed by atoms with Crippen LogP contribution >= 0.6 is 11.8 Å². The second-order valence-electron chi connectivity index (χ2n) is 7.50. The highest BCUT2D eigenvalue weighted by molar-refractivity contribution is 7.99. The van der Waals surface area contributed by atoms with Gasteiger partial charge >= 0.3 is 6.18 Å². The zero-order valence-corrected chi connectivity index (χ0v) is 17.9. The Morgan fingerprint density at radius 1 is 1.00 bits per heavy atom. The molecular formula is C23H25F3N2O2S. The lowest BCUT2D eigenvalue weighted by atomic mass is 10.0. The van der Waals surface area contributed by atoms with E-state index in [1.54, 1.807) is 24.7 Å². The summed E-state index contributed by atoms with van der Waals surface area (Å²) in [4.78, 5) is 4.69. The van der Waals surface area contributed by atoms with Crippen LogP contribution in [0.4, 0.5) is 13.2 Å². The molecule has 1 aliphatic carbocycles. The summed E-state index contributed by atoms with van der Waals surface area (Å²) in [6, 6.07) is 5.76. The van der Waals surface area contributed by atoms with Crippen LogP contribution < -0.4 is 0 Å². The molecule has 0 saturated carbocycles. The summed E-state index contributed by atoms with van der Waals surface area (Å²) < 4.78 is 50.9. The molecular weight excluding hydrogens is 425 g/mol. The number of halogens is 3. The summed E-state index contributed by atoms with van der Waals surface area (Å²) in [5, 5.41) is 0. The molecule has 2 heterocycles. The third-order valence-electron chi connectivity index (χ3n) is 5.45. The molecule has 166 valence electrons. The van der Waals surface area contributed by atoms with Crippen molar-refractivity contribution in [3.8, 4) is 0 Å². The first-order chi connectivity index (χ1) is 15.0. The summed E-state index contributed by atoms with van der Waals surface area (Å²) in [5.74, 6) is 2.07. The van der Waals surface area contributed by atoms with Gasteiger partial charge in [0, 0.05) is 43.4 Å². The monoisotopic (exact) mass is 450 g/mol. The molecule has 31 heavy (non-hydrogen) atoms. The fourth-order valence-corrected chi connectivity index (χ4v) is 4.78. The highest BCUT2D eigenvalue weighted by atomic mass is 32.2. The Balaban J connectivity index is 1.21. The number of alkyl halides is 3. The normalized spacial score (nSPS) is 19.8. The third-order valence-corrected chi connectivity index (χ3v) is 6.50. The Labute approximate surface area is 184 Å². The molecule has 0 amide bonds. The van der Waals surface area contributed by atoms with Gasteiger partial charge in [0.05, 0.1) is 5.56 Å². The van der Waals surface area contributed by atoms with Crippen LogP contribution in [-0.4, -0.2) is 48.3 Å². The van der Waals surface area contributed by atoms with E-state index in [4.69, 9.17) is 9.47 Å². The quantitative estimate of drug-likeness (QED) is 0.542. The van der Waals surface area contributed by atoms with E-state index in [1.165, 1.54) is 17.8 Å². The number of hydrogen-bond donors (Lipinski definition) is 0. The Kier molecular flexibility index (Phi) is 6.97. The van der Waals surface area contributed by atoms with Crippen molar-refractivity contribution >= 4 is 11.8 Å². The van der Waals surface area contributed by atoms with Crippen LogP contribution in [0.25, 0.3) is 0 Å². The maximum atomic E-state index is 13.1. The number of hydrogen-bond acceptors (Lipinski definition) is 5. The van der Waals surface area contributed by atoms with Gasteiger partial charge in [0.1, 0.15) is 6.26 Å². The fraction of sp³-hybridized carbons (Fsp3) is 0.391. The molecule has 0 atom stereocenters. The van der Waals surface area contributed by atoms with Gasteiger partial charge < -0.3 is 14.4 Å². The molecule has 0 aromatic heterocycles. The van der Waals surface area contributed by atoms with Crippen LogP contribution in [0, 0.1) is 0 Å². The van der Waals surface area contributed by atoms with Crippen LogP contribution in [0.5, 0.6) is 0 Å². The van der Waals surface area contributed by atoms with Gasteiger partial charge in [-0.3, -0.25) is 4.90 Å². The third kappa shape index (κ3) is 5.68. The van der Waals surface area contributed by atoms with Crippen molar-refractivity contribution in [3.05, 3.63) is 77.8 Å². The predicted octanol–water partition coefficient (Wildman–Crippen LogP) is 5.38. The lowest BCUT2D eigenvalue weighted by Crippen LogP contribution is -2.46. The Morgan fingerprint density at radius 2 is 1.81 bits per heavy atom. The first kappa shape index (κ1) is 21.9. The molecule has 4 rings (SSSR count). The molecule has 8 heteroatoms. The van der Waals surface area contributed by atoms with Gasteiger partial charge in [0.25, 0.3) is 0 Å². The van der Waals surface area contributed by atoms with Crippen LogP contribution in [0.3, 0.4) is 0 Å². The summed E-state index contributed by atoms with van der Waals surface area (Å²) in [6.45, 7) is 3.97. The summed E-state index contributed by atoms with van der Waals surface area (Å²) in [7, 11) is 0. The van der Waals surface area contributed by atoms with E-state index in [1.807, 2.05) is 12.2 Å². The van der Waals surface area contributed by atoms with E-state index in [0.717, 1.165) is 63.0 Å². The van der Waals surface area contributed by atoms with Crippen LogP contribution in [0.15, 0.2) is 77.1 Å². The second-order valence-corrected chi connectivity index (χ2v) is 8.64. The minimum absolute atomic E-state index is 0.290. The van der Waals surface area contributed by atoms with Gasteiger partial charge in [-0.15, -0.1) is 11.8 Å². The zero-order valence-electron chi connectivity index (χ0n) is 17.1. The van der Waals surface area contributed by atoms with Gasteiger partial charge in [0.15, 0.2) is 12.0 Å². The average molecular weight is 451 g/mol. The topological polar surface area (TPSA) is 24.9 Å². The van der Waals surface area contributed by atoms with E-state index in [-0.39, 0.29) is 4.90 Å². The van der Waals surface area contributed by atoms with E-state index in [9.17, 15) is 13.2 Å². The molecule has 0 spiro atoms. The van der Waals surface area contributed by atoms with E-state index in [2.05, 4.69) is 15.9 Å². The van der Waals surface area contributed by atoms with Crippen molar-refractivity contribution in [2.24, 2.45) is 0 Å². The van der Waals surface area contributed by atoms with Crippen LogP contribution in [-0.2, 0) is 15.7 Å². The molecule has 1 saturated heterocycles. The number of rotatable bonds is 6. The number of thioether (sulfide) groups is 1. The predicted molar refractivity (Wildman–Crippen MR) is 115 cm³/mol. The molecule has 0 radical (unpaired) electrons. The smallest absolute Gasteiger partial charge is 0.417 e. The van der Waals surface area contributed by atoms with Crippen molar-refractivity contribution in [2.45, 2.75) is 23.9 Å². The van der Waals surface area contributed by atoms with Crippen LogP contribution in [0.2, 0.25) is 0 Å². The molecule has 0 N–H and O–H groups in total. The maximum absolute atomic E-state index is 13.1. The molecule has 0 unspecified atom stereocenters. The highest BCUT2D eigenvalue weighted by Crippen LogP contribution is 2.36. The Morgan fingerprint density at radius 3 is 2.48 bits per heavy atom. The number of ether oxygens (including phenoxy) is 2. The van der Waals surface area contributed by atoms with Crippen molar-refractivity contribution in [3.63, 3.8) is 0 Å². The minimum atomic E-state index is -4.32. The summed E-state index contributed by atoms with van der Waals surface area (Å²) in [5.41, 5.74) is 0.575. The van der Waals surface area contributed by atoms with Gasteiger partial charge in [0.2, 0.25) is 5.88 Å². The molecule has 1 aromatic carbocycles. The van der Waals surface area contributed by atoms with Crippen molar-refractivity contribution in [2.75, 3.05) is 38.5 Å². The number of allylic oxidation sites excluding steroid dienone is 4. The minimum Gasteiger partial charge on any atom is -0.456 e. The summed E-state index contributed by atoms with van der Waals surface area (Å²) >= 11 is 1.26. The highest BCUT2D eigenvalue weighted by Gasteiger charge is 2.33. The number of benzene rings is 1. The molecule has 4 nitrogen and oxygen atoms in total. The van der Waals surface area contributed by atoms with Crippen molar-refractivity contribution < 1.29 is 22.6 Å². The second kappa shape index (κ2) is 9.87. The summed E-state index contributed by atoms with van der Waals surface area (Å²) in [6.07, 6.45) is 7.16. The first-order valence-corrected chi connectivity index (χ1v) is 11.4. The molecule has 1 fully saturated rings. The maximum Gasteiger partial charge on any atom is 0.417 e. The van der Waals surface area contributed by atoms with Gasteiger partial charge in [-0.2, -0.15) is 13.2 Å². The van der Waals surface area contributed by atoms with Gasteiger partial charge in [-0.25, -0.2) is 0 Å². The van der Waals surface area contributed by atoms with E-state index < -0.39 is 11.7 Å². The standard InChI is InChI=1S/C23H25F3N2O2S/c24-23(25,26)19-8-4-5-9-21(19)31-15-14-27-10-12-28(13-11-27)22-17-29-20(16-30-22)18-6-2-1-3-7-18/h1-2,4-6,8-9,16-17H,3,7,10-15H2. The Hall–Kier alpha value is -2.32. The van der Waals surface area contributed by atoms with E-state index in [0.29, 0.717) is 11.6 Å². The molecule has 3 aliphatic rings. The zero-order chi connectivity index (χ0) is 21.7. The molecule has 1 aromatic rings. The van der Waals surface area contributed by atoms with Crippen molar-refractivity contribution in [1.29, 1.82) is 0 Å². The van der Waals surface area contributed by atoms with Crippen molar-refractivity contribution in [1.82, 2.24) is 9.80 Å². The molecule has 2 aliphatic heterocycles. The lowest BCUT2D eigenvalue weighted by molar-refractivity contribution is -0.139. The van der Waals surface area contributed by atoms with E-state index >= 15 is 0 Å². The van der Waals surface area contributed by atoms with Gasteiger partial charge in [-0.1, -0.05) is 30.4 Å². The average Bonchev–Trinajstić information content (AvgIpc) is 2.80. The van der Waals surface area contributed by atoms with Gasteiger partial charge in [-0.05, 0) is 30.5 Å².